The molecule has 0 unspecified atom stereocenters. The lowest BCUT2D eigenvalue weighted by molar-refractivity contribution is -0.130. The van der Waals surface area contributed by atoms with Crippen molar-refractivity contribution >= 4 is 11.6 Å². The quantitative estimate of drug-likeness (QED) is 0.700. The van der Waals surface area contributed by atoms with Crippen LogP contribution in [-0.2, 0) is 9.59 Å². The van der Waals surface area contributed by atoms with E-state index in [4.69, 9.17) is 15.3 Å². The molecule has 0 saturated heterocycles. The highest BCUT2D eigenvalue weighted by molar-refractivity contribution is 6.02. The van der Waals surface area contributed by atoms with Crippen molar-refractivity contribution in [3.8, 4) is 0 Å². The van der Waals surface area contributed by atoms with Crippen molar-refractivity contribution in [2.24, 2.45) is 5.41 Å². The zero-order chi connectivity index (χ0) is 20.9. The number of aliphatic hydroxyl groups is 3. The van der Waals surface area contributed by atoms with E-state index in [1.54, 1.807) is 6.92 Å². The van der Waals surface area contributed by atoms with Crippen LogP contribution >= 0.6 is 0 Å². The molecule has 1 aliphatic carbocycles. The fourth-order valence-corrected chi connectivity index (χ4v) is 3.48. The summed E-state index contributed by atoms with van der Waals surface area (Å²) in [6.45, 7) is 11.7. The molecule has 0 aromatic heterocycles. The van der Waals surface area contributed by atoms with Crippen molar-refractivity contribution in [3.05, 3.63) is 33.4 Å². The second-order valence-corrected chi connectivity index (χ2v) is 8.18. The number of benzene rings is 1. The highest BCUT2D eigenvalue weighted by atomic mass is 16.3. The van der Waals surface area contributed by atoms with Crippen molar-refractivity contribution in [2.45, 2.75) is 66.7 Å². The second-order valence-electron chi connectivity index (χ2n) is 8.18. The molecule has 1 fully saturated rings. The smallest absolute Gasteiger partial charge is 0.140 e. The van der Waals surface area contributed by atoms with E-state index in [0.29, 0.717) is 12.8 Å². The molecule has 0 radical (unpaired) electrons. The lowest BCUT2D eigenvalue weighted by Crippen LogP contribution is -2.29. The van der Waals surface area contributed by atoms with Gasteiger partial charge in [0.1, 0.15) is 11.6 Å². The number of carbonyl (C=O) groups is 2. The van der Waals surface area contributed by atoms with Crippen molar-refractivity contribution in [1.29, 1.82) is 0 Å². The third kappa shape index (κ3) is 5.47. The maximum absolute atomic E-state index is 11.7. The normalized spacial score (nSPS) is 15.6. The number of aliphatic hydroxyl groups excluding tert-OH is 3. The standard InChI is InChI=1S/C17H22O2.C5H12O3/c1-9-10(2)12(4)17(13(5)11(9)3)14-6-15(18)8-16(19)7-14;1-5(2-6,3-7)4-8/h14H,6-8H2,1-5H3;6-8H,2-4H2,1H3. The number of Topliss-reactive ketones (excluding diaryl/α,β-unsaturated/α-hetero) is 2. The Labute approximate surface area is 162 Å². The molecule has 1 saturated carbocycles. The Morgan fingerprint density at radius 3 is 1.37 bits per heavy atom. The number of rotatable bonds is 4. The first-order chi connectivity index (χ1) is 12.5. The first kappa shape index (κ1) is 23.5. The Morgan fingerprint density at radius 2 is 1.07 bits per heavy atom. The zero-order valence-electron chi connectivity index (χ0n) is 17.5. The topological polar surface area (TPSA) is 94.8 Å². The van der Waals surface area contributed by atoms with Crippen LogP contribution in [0.3, 0.4) is 0 Å². The SMILES string of the molecule is CC(CO)(CO)CO.Cc1c(C)c(C)c(C2CC(=O)CC(=O)C2)c(C)c1C. The van der Waals surface area contributed by atoms with Crippen LogP contribution in [0.15, 0.2) is 0 Å². The molecule has 5 nitrogen and oxygen atoms in total. The van der Waals surface area contributed by atoms with Gasteiger partial charge in [-0.2, -0.15) is 0 Å². The number of ketones is 2. The van der Waals surface area contributed by atoms with Gasteiger partial charge in [-0.25, -0.2) is 0 Å². The van der Waals surface area contributed by atoms with Gasteiger partial charge in [-0.1, -0.05) is 6.92 Å². The predicted molar refractivity (Wildman–Crippen MR) is 106 cm³/mol. The van der Waals surface area contributed by atoms with Crippen molar-refractivity contribution in [3.63, 3.8) is 0 Å². The first-order valence-electron chi connectivity index (χ1n) is 9.44. The van der Waals surface area contributed by atoms with E-state index in [2.05, 4.69) is 34.6 Å². The minimum Gasteiger partial charge on any atom is -0.396 e. The molecule has 0 bridgehead atoms. The average molecular weight is 379 g/mol. The molecule has 2 rings (SSSR count). The Hall–Kier alpha value is -1.56. The Bertz CT molecular complexity index is 648. The lowest BCUT2D eigenvalue weighted by Gasteiger charge is -2.27. The Morgan fingerprint density at radius 1 is 0.741 bits per heavy atom. The molecular formula is C22H34O5. The van der Waals surface area contributed by atoms with E-state index in [1.807, 2.05) is 0 Å². The molecule has 3 N–H and O–H groups in total. The van der Waals surface area contributed by atoms with Crippen LogP contribution in [0.5, 0.6) is 0 Å². The highest BCUT2D eigenvalue weighted by Gasteiger charge is 2.29. The molecule has 1 aromatic carbocycles. The van der Waals surface area contributed by atoms with Gasteiger partial charge in [-0.05, 0) is 73.9 Å². The maximum Gasteiger partial charge on any atom is 0.140 e. The summed E-state index contributed by atoms with van der Waals surface area (Å²) in [5.74, 6) is 0.276. The van der Waals surface area contributed by atoms with E-state index < -0.39 is 5.41 Å². The van der Waals surface area contributed by atoms with Crippen LogP contribution in [0, 0.1) is 40.0 Å². The van der Waals surface area contributed by atoms with Crippen LogP contribution in [0.25, 0.3) is 0 Å². The summed E-state index contributed by atoms with van der Waals surface area (Å²) >= 11 is 0. The van der Waals surface area contributed by atoms with Gasteiger partial charge in [0.15, 0.2) is 0 Å². The molecule has 152 valence electrons. The summed E-state index contributed by atoms with van der Waals surface area (Å²) in [6.07, 6.45) is 1.18. The van der Waals surface area contributed by atoms with Gasteiger partial charge in [-0.3, -0.25) is 9.59 Å². The van der Waals surface area contributed by atoms with Gasteiger partial charge in [0.2, 0.25) is 0 Å². The van der Waals surface area contributed by atoms with Gasteiger partial charge in [-0.15, -0.1) is 0 Å². The minimum absolute atomic E-state index is 0.0896. The van der Waals surface area contributed by atoms with E-state index in [1.165, 1.54) is 33.4 Å². The van der Waals surface area contributed by atoms with Gasteiger partial charge in [0.25, 0.3) is 0 Å². The fraction of sp³-hybridized carbons (Fsp3) is 0.636. The zero-order valence-corrected chi connectivity index (χ0v) is 17.5. The largest absolute Gasteiger partial charge is 0.396 e. The van der Waals surface area contributed by atoms with Crippen LogP contribution < -0.4 is 0 Å². The van der Waals surface area contributed by atoms with Crippen LogP contribution in [-0.4, -0.2) is 46.7 Å². The van der Waals surface area contributed by atoms with Gasteiger partial charge < -0.3 is 15.3 Å². The van der Waals surface area contributed by atoms with Gasteiger partial charge in [0.05, 0.1) is 26.2 Å². The third-order valence-corrected chi connectivity index (χ3v) is 5.95. The summed E-state index contributed by atoms with van der Waals surface area (Å²) < 4.78 is 0. The van der Waals surface area contributed by atoms with Crippen molar-refractivity contribution in [2.75, 3.05) is 19.8 Å². The molecule has 0 amide bonds. The van der Waals surface area contributed by atoms with E-state index in [9.17, 15) is 9.59 Å². The van der Waals surface area contributed by atoms with Crippen LogP contribution in [0.2, 0.25) is 0 Å². The highest BCUT2D eigenvalue weighted by Crippen LogP contribution is 2.37. The summed E-state index contributed by atoms with van der Waals surface area (Å²) in [7, 11) is 0. The first-order valence-corrected chi connectivity index (χ1v) is 9.44. The van der Waals surface area contributed by atoms with E-state index in [-0.39, 0.29) is 43.7 Å². The van der Waals surface area contributed by atoms with Crippen molar-refractivity contribution < 1.29 is 24.9 Å². The van der Waals surface area contributed by atoms with Crippen LogP contribution in [0.4, 0.5) is 0 Å². The summed E-state index contributed by atoms with van der Waals surface area (Å²) in [5.41, 5.74) is 6.96. The molecule has 0 spiro atoms. The van der Waals surface area contributed by atoms with E-state index in [0.717, 1.165) is 0 Å². The van der Waals surface area contributed by atoms with Gasteiger partial charge in [0, 0.05) is 18.3 Å². The second kappa shape index (κ2) is 9.58. The molecule has 0 atom stereocenters. The fourth-order valence-electron chi connectivity index (χ4n) is 3.48. The summed E-state index contributed by atoms with van der Waals surface area (Å²) in [6, 6.07) is 0. The molecule has 0 aliphatic heterocycles. The molecule has 1 aliphatic rings. The minimum atomic E-state index is -0.708. The molecule has 27 heavy (non-hydrogen) atoms. The maximum atomic E-state index is 11.7. The third-order valence-electron chi connectivity index (χ3n) is 5.95. The molecular weight excluding hydrogens is 344 g/mol. The Balaban J connectivity index is 0.000000387. The number of hydrogen-bond donors (Lipinski definition) is 3. The molecule has 1 aromatic rings. The van der Waals surface area contributed by atoms with Gasteiger partial charge >= 0.3 is 0 Å². The monoisotopic (exact) mass is 378 g/mol. The van der Waals surface area contributed by atoms with E-state index >= 15 is 0 Å². The predicted octanol–water partition coefficient (Wildman–Crippen LogP) is 2.60. The summed E-state index contributed by atoms with van der Waals surface area (Å²) in [5, 5.41) is 25.4. The molecule has 5 heteroatoms. The lowest BCUT2D eigenvalue weighted by atomic mass is 9.76. The van der Waals surface area contributed by atoms with Crippen LogP contribution in [0.1, 0.15) is 65.5 Å². The number of carbonyl (C=O) groups excluding carboxylic acids is 2. The van der Waals surface area contributed by atoms with Crippen molar-refractivity contribution in [1.82, 2.24) is 0 Å². The Kier molecular flexibility index (Phi) is 8.33. The number of hydrogen-bond acceptors (Lipinski definition) is 5. The average Bonchev–Trinajstić information content (AvgIpc) is 2.64. The molecule has 0 heterocycles. The summed E-state index contributed by atoms with van der Waals surface area (Å²) in [4.78, 5) is 23.4.